The van der Waals surface area contributed by atoms with Crippen LogP contribution in [0.2, 0.25) is 0 Å². The maximum Gasteiger partial charge on any atom is 0.239 e. The molecule has 6 nitrogen and oxygen atoms in total. The Morgan fingerprint density at radius 1 is 1.26 bits per heavy atom. The van der Waals surface area contributed by atoms with E-state index in [0.29, 0.717) is 11.5 Å². The van der Waals surface area contributed by atoms with Gasteiger partial charge < -0.3 is 10.2 Å². The lowest BCUT2D eigenvalue weighted by Gasteiger charge is -2.24. The van der Waals surface area contributed by atoms with Gasteiger partial charge in [-0.3, -0.25) is 9.79 Å². The van der Waals surface area contributed by atoms with E-state index < -0.39 is 0 Å². The summed E-state index contributed by atoms with van der Waals surface area (Å²) in [5.41, 5.74) is 2.52. The number of hydrogen-bond donors (Lipinski definition) is 1. The van der Waals surface area contributed by atoms with Crippen LogP contribution < -0.4 is 10.2 Å². The second kappa shape index (κ2) is 11.2. The van der Waals surface area contributed by atoms with Crippen molar-refractivity contribution < 1.29 is 4.79 Å². The first-order valence-corrected chi connectivity index (χ1v) is 11.4. The van der Waals surface area contributed by atoms with E-state index in [1.165, 1.54) is 4.88 Å². The standard InChI is InChI=1S/C22H31N5OS.C2H6/c1-10-13(2)11-16(23-8)19-24-20(18-14(3)15(4)29-21(18)25-19)27(9)12-17(28)26-22(5,6)7;1-2/h10-11H,1,12H2,2-9H3,(H,26,28);1-2H3/b13-11-,23-16?;. The fourth-order valence-electron chi connectivity index (χ4n) is 2.87. The predicted octanol–water partition coefficient (Wildman–Crippen LogP) is 5.24. The molecule has 2 heterocycles. The molecule has 1 amide bonds. The topological polar surface area (TPSA) is 70.5 Å². The number of aromatic nitrogens is 2. The Hall–Kier alpha value is -2.54. The number of carbonyl (C=O) groups excluding carboxylic acids is 1. The van der Waals surface area contributed by atoms with Crippen LogP contribution in [0, 0.1) is 13.8 Å². The normalized spacial score (nSPS) is 12.3. The van der Waals surface area contributed by atoms with Crippen LogP contribution in [0.15, 0.2) is 29.3 Å². The fraction of sp³-hybridized carbons (Fsp3) is 0.500. The largest absolute Gasteiger partial charge is 0.350 e. The minimum absolute atomic E-state index is 0.0512. The van der Waals surface area contributed by atoms with Crippen LogP contribution in [-0.4, -0.2) is 47.8 Å². The molecule has 0 saturated heterocycles. The molecule has 2 aromatic rings. The average Bonchev–Trinajstić information content (AvgIpc) is 2.98. The Kier molecular flexibility index (Phi) is 9.56. The molecule has 2 aromatic heterocycles. The lowest BCUT2D eigenvalue weighted by molar-refractivity contribution is -0.121. The number of carbonyl (C=O) groups is 1. The molecule has 0 atom stereocenters. The Labute approximate surface area is 191 Å². The third kappa shape index (κ3) is 6.99. The van der Waals surface area contributed by atoms with Gasteiger partial charge in [0.1, 0.15) is 16.4 Å². The Bertz CT molecular complexity index is 996. The number of aliphatic imine (C=N–C) groups is 1. The number of aryl methyl sites for hydroxylation is 2. The SMILES string of the molecule is C=C/C(C)=C\C(=NC)c1nc(N(C)CC(=O)NC(C)(C)C)c2c(C)c(C)sc2n1.CC. The zero-order chi connectivity index (χ0) is 23.9. The van der Waals surface area contributed by atoms with Gasteiger partial charge in [0, 0.05) is 24.5 Å². The van der Waals surface area contributed by atoms with Crippen molar-refractivity contribution in [2.24, 2.45) is 4.99 Å². The fourth-order valence-corrected chi connectivity index (χ4v) is 3.89. The van der Waals surface area contributed by atoms with Gasteiger partial charge in [-0.1, -0.05) is 26.5 Å². The number of nitrogens with zero attached hydrogens (tertiary/aromatic N) is 4. The van der Waals surface area contributed by atoms with E-state index in [1.54, 1.807) is 24.5 Å². The zero-order valence-corrected chi connectivity index (χ0v) is 21.5. The molecule has 0 fully saturated rings. The molecule has 0 saturated carbocycles. The summed E-state index contributed by atoms with van der Waals surface area (Å²) in [5.74, 6) is 1.23. The van der Waals surface area contributed by atoms with E-state index >= 15 is 0 Å². The van der Waals surface area contributed by atoms with Gasteiger partial charge in [-0.05, 0) is 58.8 Å². The van der Waals surface area contributed by atoms with Crippen molar-refractivity contribution in [1.29, 1.82) is 0 Å². The second-order valence-electron chi connectivity index (χ2n) is 8.19. The highest BCUT2D eigenvalue weighted by Crippen LogP contribution is 2.34. The molecule has 0 unspecified atom stereocenters. The summed E-state index contributed by atoms with van der Waals surface area (Å²) in [4.78, 5) is 30.4. The van der Waals surface area contributed by atoms with Crippen LogP contribution >= 0.6 is 11.3 Å². The van der Waals surface area contributed by atoms with Crippen molar-refractivity contribution in [2.45, 2.75) is 60.9 Å². The Morgan fingerprint density at radius 2 is 1.87 bits per heavy atom. The van der Waals surface area contributed by atoms with Crippen molar-refractivity contribution >= 4 is 39.0 Å². The number of likely N-dealkylation sites (N-methyl/N-ethyl adjacent to an activating group) is 1. The third-order valence-electron chi connectivity index (χ3n) is 4.42. The molecule has 0 aliphatic heterocycles. The molecule has 7 heteroatoms. The molecule has 0 aliphatic carbocycles. The molecular weight excluding hydrogens is 406 g/mol. The number of hydrogen-bond acceptors (Lipinski definition) is 6. The lowest BCUT2D eigenvalue weighted by atomic mass is 10.1. The van der Waals surface area contributed by atoms with Gasteiger partial charge in [-0.2, -0.15) is 0 Å². The highest BCUT2D eigenvalue weighted by atomic mass is 32.1. The number of amides is 1. The van der Waals surface area contributed by atoms with Gasteiger partial charge in [0.2, 0.25) is 5.91 Å². The highest BCUT2D eigenvalue weighted by molar-refractivity contribution is 7.18. The predicted molar refractivity (Wildman–Crippen MR) is 136 cm³/mol. The molecule has 0 radical (unpaired) electrons. The Morgan fingerprint density at radius 3 is 2.39 bits per heavy atom. The number of fused-ring (bicyclic) bond motifs is 1. The summed E-state index contributed by atoms with van der Waals surface area (Å²) in [6, 6.07) is 0. The van der Waals surface area contributed by atoms with E-state index in [9.17, 15) is 4.79 Å². The van der Waals surface area contributed by atoms with Crippen LogP contribution in [0.4, 0.5) is 5.82 Å². The van der Waals surface area contributed by atoms with Crippen LogP contribution in [-0.2, 0) is 4.79 Å². The molecule has 170 valence electrons. The summed E-state index contributed by atoms with van der Waals surface area (Å²) in [5, 5.41) is 3.99. The number of nitrogens with one attached hydrogen (secondary N) is 1. The monoisotopic (exact) mass is 443 g/mol. The van der Waals surface area contributed by atoms with Crippen molar-refractivity contribution in [2.75, 3.05) is 25.5 Å². The number of anilines is 1. The molecule has 1 N–H and O–H groups in total. The maximum absolute atomic E-state index is 12.5. The molecular formula is C24H37N5OS. The van der Waals surface area contributed by atoms with Crippen molar-refractivity contribution in [1.82, 2.24) is 15.3 Å². The van der Waals surface area contributed by atoms with Gasteiger partial charge in [-0.15, -0.1) is 11.3 Å². The molecule has 0 spiro atoms. The minimum atomic E-state index is -0.284. The van der Waals surface area contributed by atoms with Gasteiger partial charge in [0.25, 0.3) is 0 Å². The average molecular weight is 444 g/mol. The van der Waals surface area contributed by atoms with Crippen LogP contribution in [0.1, 0.15) is 57.8 Å². The van der Waals surface area contributed by atoms with E-state index in [-0.39, 0.29) is 18.0 Å². The van der Waals surface area contributed by atoms with Crippen LogP contribution in [0.3, 0.4) is 0 Å². The third-order valence-corrected chi connectivity index (χ3v) is 5.52. The van der Waals surface area contributed by atoms with Crippen molar-refractivity contribution in [3.05, 3.63) is 40.6 Å². The van der Waals surface area contributed by atoms with Gasteiger partial charge >= 0.3 is 0 Å². The van der Waals surface area contributed by atoms with Crippen molar-refractivity contribution in [3.63, 3.8) is 0 Å². The zero-order valence-electron chi connectivity index (χ0n) is 20.7. The summed E-state index contributed by atoms with van der Waals surface area (Å²) in [7, 11) is 3.61. The van der Waals surface area contributed by atoms with Gasteiger partial charge in [0.15, 0.2) is 5.82 Å². The molecule has 31 heavy (non-hydrogen) atoms. The first-order valence-electron chi connectivity index (χ1n) is 10.5. The van der Waals surface area contributed by atoms with E-state index in [0.717, 1.165) is 27.2 Å². The van der Waals surface area contributed by atoms with Crippen LogP contribution in [0.25, 0.3) is 10.2 Å². The van der Waals surface area contributed by atoms with E-state index in [4.69, 9.17) is 9.97 Å². The summed E-state index contributed by atoms with van der Waals surface area (Å²) in [6.45, 7) is 20.0. The second-order valence-corrected chi connectivity index (χ2v) is 9.39. The molecule has 0 bridgehead atoms. The summed E-state index contributed by atoms with van der Waals surface area (Å²) in [6.07, 6.45) is 3.69. The minimum Gasteiger partial charge on any atom is -0.350 e. The van der Waals surface area contributed by atoms with E-state index in [2.05, 4.69) is 30.7 Å². The molecule has 0 aliphatic rings. The number of rotatable bonds is 6. The highest BCUT2D eigenvalue weighted by Gasteiger charge is 2.21. The molecule has 2 rings (SSSR count). The van der Waals surface area contributed by atoms with Gasteiger partial charge in [0.05, 0.1) is 11.9 Å². The maximum atomic E-state index is 12.5. The number of allylic oxidation sites excluding steroid dienone is 3. The lowest BCUT2D eigenvalue weighted by Crippen LogP contribution is -2.45. The summed E-state index contributed by atoms with van der Waals surface area (Å²) >= 11 is 1.63. The van der Waals surface area contributed by atoms with E-state index in [1.807, 2.05) is 59.6 Å². The molecule has 0 aromatic carbocycles. The Balaban J connectivity index is 0.00000233. The summed E-state index contributed by atoms with van der Waals surface area (Å²) < 4.78 is 0. The van der Waals surface area contributed by atoms with Gasteiger partial charge in [-0.25, -0.2) is 9.97 Å². The first kappa shape index (κ1) is 26.5. The van der Waals surface area contributed by atoms with Crippen molar-refractivity contribution in [3.8, 4) is 0 Å². The van der Waals surface area contributed by atoms with Crippen LogP contribution in [0.5, 0.6) is 0 Å². The quantitative estimate of drug-likeness (QED) is 0.490. The number of thiophene rings is 1. The smallest absolute Gasteiger partial charge is 0.239 e. The first-order chi connectivity index (χ1) is 14.5.